The average molecular weight is 603 g/mol. The second-order valence-corrected chi connectivity index (χ2v) is 12.7. The summed E-state index contributed by atoms with van der Waals surface area (Å²) in [4.78, 5) is 47.2. The highest BCUT2D eigenvalue weighted by atomic mass is 35.5. The van der Waals surface area contributed by atoms with Crippen molar-refractivity contribution in [1.29, 1.82) is 0 Å². The molecule has 0 aliphatic carbocycles. The Hall–Kier alpha value is -3.56. The molecule has 1 aromatic heterocycles. The molecule has 0 spiro atoms. The molecule has 0 saturated carbocycles. The maximum Gasteiger partial charge on any atom is 0.256 e. The second-order valence-electron chi connectivity index (χ2n) is 12.3. The Morgan fingerprint density at radius 1 is 0.977 bits per heavy atom. The topological polar surface area (TPSA) is 90.0 Å². The summed E-state index contributed by atoms with van der Waals surface area (Å²) in [6, 6.07) is 13.5. The highest BCUT2D eigenvalue weighted by molar-refractivity contribution is 6.31. The van der Waals surface area contributed by atoms with Crippen LogP contribution in [0.1, 0.15) is 42.1 Å². The van der Waals surface area contributed by atoms with Gasteiger partial charge in [-0.15, -0.1) is 0 Å². The van der Waals surface area contributed by atoms with Crippen molar-refractivity contribution >= 4 is 45.9 Å². The summed E-state index contributed by atoms with van der Waals surface area (Å²) >= 11 is 6.47. The van der Waals surface area contributed by atoms with Crippen molar-refractivity contribution in [2.75, 3.05) is 57.3 Å². The fraction of sp³-hybridized carbons (Fsp3) is 0.485. The van der Waals surface area contributed by atoms with Crippen LogP contribution in [0, 0.1) is 24.7 Å². The predicted molar refractivity (Wildman–Crippen MR) is 167 cm³/mol. The number of hydrogen-bond acceptors (Lipinski definition) is 6. The molecule has 3 fully saturated rings. The number of amides is 3. The zero-order valence-electron chi connectivity index (χ0n) is 24.9. The fourth-order valence-corrected chi connectivity index (χ4v) is 7.19. The largest absolute Gasteiger partial charge is 0.343 e. The van der Waals surface area contributed by atoms with E-state index in [1.165, 1.54) is 0 Å². The monoisotopic (exact) mass is 602 g/mol. The van der Waals surface area contributed by atoms with E-state index in [0.29, 0.717) is 54.9 Å². The summed E-state index contributed by atoms with van der Waals surface area (Å²) in [6.45, 7) is 9.72. The SMILES string of the molecule is CC(=O)N1CCC(C(=O)N(CCCN2CC3CN(C(=O)c4cnnc5ccccc45)CC3C2)c2ccc(C)c(Cl)c2)CC1. The number of likely N-dealkylation sites (tertiary alicyclic amines) is 3. The number of benzene rings is 2. The number of piperidine rings is 1. The molecule has 3 aromatic rings. The molecule has 2 aromatic carbocycles. The number of fused-ring (bicyclic) bond motifs is 2. The van der Waals surface area contributed by atoms with Gasteiger partial charge in [-0.1, -0.05) is 35.9 Å². The molecule has 43 heavy (non-hydrogen) atoms. The average Bonchev–Trinajstić information content (AvgIpc) is 3.59. The van der Waals surface area contributed by atoms with Gasteiger partial charge in [-0.3, -0.25) is 14.4 Å². The van der Waals surface area contributed by atoms with Crippen LogP contribution in [0.15, 0.2) is 48.7 Å². The van der Waals surface area contributed by atoms with E-state index in [4.69, 9.17) is 11.6 Å². The molecule has 2 unspecified atom stereocenters. The molecule has 3 amide bonds. The number of aryl methyl sites for hydroxylation is 1. The van der Waals surface area contributed by atoms with Gasteiger partial charge in [0.2, 0.25) is 11.8 Å². The van der Waals surface area contributed by atoms with Crippen LogP contribution in [0.4, 0.5) is 5.69 Å². The third-order valence-corrected chi connectivity index (χ3v) is 9.91. The molecule has 4 heterocycles. The van der Waals surface area contributed by atoms with Crippen LogP contribution < -0.4 is 4.90 Å². The van der Waals surface area contributed by atoms with Gasteiger partial charge in [0.25, 0.3) is 5.91 Å². The van der Waals surface area contributed by atoms with Crippen molar-refractivity contribution in [2.24, 2.45) is 17.8 Å². The van der Waals surface area contributed by atoms with Gasteiger partial charge in [0.1, 0.15) is 0 Å². The van der Waals surface area contributed by atoms with Crippen molar-refractivity contribution in [3.05, 3.63) is 64.8 Å². The third-order valence-electron chi connectivity index (χ3n) is 9.50. The van der Waals surface area contributed by atoms with Gasteiger partial charge in [0.05, 0.1) is 17.3 Å². The van der Waals surface area contributed by atoms with Crippen LogP contribution in [0.5, 0.6) is 0 Å². The number of nitrogens with zero attached hydrogens (tertiary/aromatic N) is 6. The van der Waals surface area contributed by atoms with E-state index in [1.807, 2.05) is 64.1 Å². The number of aromatic nitrogens is 2. The molecule has 226 valence electrons. The van der Waals surface area contributed by atoms with Crippen molar-refractivity contribution < 1.29 is 14.4 Å². The minimum absolute atomic E-state index is 0.0344. The molecule has 3 aliphatic rings. The lowest BCUT2D eigenvalue weighted by Gasteiger charge is -2.34. The first-order valence-electron chi connectivity index (χ1n) is 15.3. The van der Waals surface area contributed by atoms with Crippen LogP contribution in [0.2, 0.25) is 5.02 Å². The van der Waals surface area contributed by atoms with Crippen molar-refractivity contribution in [3.63, 3.8) is 0 Å². The standard InChI is InChI=1S/C33H39ClN6O3/c1-22-8-9-27(16-30(22)34)40(32(42)24-10-14-38(15-11-24)23(2)41)13-5-12-37-18-25-20-39(21-26(25)19-37)33(43)29-17-35-36-31-7-4-3-6-28(29)31/h3-4,6-9,16-17,24-26H,5,10-15,18-21H2,1-2H3. The Bertz CT molecular complexity index is 1500. The summed E-state index contributed by atoms with van der Waals surface area (Å²) < 4.78 is 0. The molecule has 3 aliphatic heterocycles. The molecule has 2 atom stereocenters. The van der Waals surface area contributed by atoms with Gasteiger partial charge in [0, 0.05) is 74.8 Å². The number of carbonyl (C=O) groups excluding carboxylic acids is 3. The lowest BCUT2D eigenvalue weighted by atomic mass is 9.94. The van der Waals surface area contributed by atoms with Gasteiger partial charge < -0.3 is 19.6 Å². The minimum Gasteiger partial charge on any atom is -0.343 e. The van der Waals surface area contributed by atoms with Gasteiger partial charge in [0.15, 0.2) is 0 Å². The molecule has 6 rings (SSSR count). The number of halogens is 1. The summed E-state index contributed by atoms with van der Waals surface area (Å²) in [7, 11) is 0. The maximum atomic E-state index is 13.8. The molecule has 0 bridgehead atoms. The highest BCUT2D eigenvalue weighted by Gasteiger charge is 2.42. The Balaban J connectivity index is 1.05. The maximum absolute atomic E-state index is 13.8. The first-order valence-corrected chi connectivity index (χ1v) is 15.7. The Kier molecular flexibility index (Phi) is 8.63. The van der Waals surface area contributed by atoms with E-state index >= 15 is 0 Å². The zero-order valence-corrected chi connectivity index (χ0v) is 25.7. The second kappa shape index (κ2) is 12.6. The number of hydrogen-bond donors (Lipinski definition) is 0. The molecule has 3 saturated heterocycles. The number of carbonyl (C=O) groups is 3. The van der Waals surface area contributed by atoms with Crippen LogP contribution in [-0.2, 0) is 9.59 Å². The first-order chi connectivity index (χ1) is 20.8. The van der Waals surface area contributed by atoms with Crippen LogP contribution in [0.25, 0.3) is 10.9 Å². The van der Waals surface area contributed by atoms with Crippen molar-refractivity contribution in [3.8, 4) is 0 Å². The van der Waals surface area contributed by atoms with Crippen LogP contribution in [0.3, 0.4) is 0 Å². The van der Waals surface area contributed by atoms with E-state index in [1.54, 1.807) is 13.1 Å². The van der Waals surface area contributed by atoms with Gasteiger partial charge in [-0.2, -0.15) is 10.2 Å². The van der Waals surface area contributed by atoms with Crippen molar-refractivity contribution in [1.82, 2.24) is 24.9 Å². The number of anilines is 1. The predicted octanol–water partition coefficient (Wildman–Crippen LogP) is 4.28. The molecular weight excluding hydrogens is 564 g/mol. The van der Waals surface area contributed by atoms with E-state index in [0.717, 1.165) is 61.3 Å². The molecule has 0 radical (unpaired) electrons. The normalized spacial score (nSPS) is 20.9. The Morgan fingerprint density at radius 2 is 1.70 bits per heavy atom. The molecule has 0 N–H and O–H groups in total. The van der Waals surface area contributed by atoms with E-state index in [-0.39, 0.29) is 23.6 Å². The van der Waals surface area contributed by atoms with Gasteiger partial charge >= 0.3 is 0 Å². The minimum atomic E-state index is -0.0990. The Morgan fingerprint density at radius 3 is 2.40 bits per heavy atom. The summed E-state index contributed by atoms with van der Waals surface area (Å²) in [5.41, 5.74) is 3.17. The summed E-state index contributed by atoms with van der Waals surface area (Å²) in [6.07, 6.45) is 3.81. The van der Waals surface area contributed by atoms with Gasteiger partial charge in [-0.05, 0) is 68.3 Å². The molecule has 10 heteroatoms. The van der Waals surface area contributed by atoms with Gasteiger partial charge in [-0.25, -0.2) is 0 Å². The quantitative estimate of drug-likeness (QED) is 0.401. The summed E-state index contributed by atoms with van der Waals surface area (Å²) in [5.74, 6) is 1.02. The van der Waals surface area contributed by atoms with Crippen LogP contribution >= 0.6 is 11.6 Å². The van der Waals surface area contributed by atoms with Crippen LogP contribution in [-0.4, -0.2) is 95.0 Å². The Labute approximate surface area is 257 Å². The van der Waals surface area contributed by atoms with E-state index in [2.05, 4.69) is 15.1 Å². The zero-order chi connectivity index (χ0) is 30.1. The lowest BCUT2D eigenvalue weighted by molar-refractivity contribution is -0.133. The smallest absolute Gasteiger partial charge is 0.256 e. The molecular formula is C33H39ClN6O3. The molecule has 9 nitrogen and oxygen atoms in total. The lowest BCUT2D eigenvalue weighted by Crippen LogP contribution is -2.44. The van der Waals surface area contributed by atoms with E-state index in [9.17, 15) is 14.4 Å². The number of rotatable bonds is 7. The third kappa shape index (κ3) is 6.24. The van der Waals surface area contributed by atoms with Crippen molar-refractivity contribution in [2.45, 2.75) is 33.1 Å². The highest BCUT2D eigenvalue weighted by Crippen LogP contribution is 2.33. The first kappa shape index (κ1) is 29.5. The van der Waals surface area contributed by atoms with E-state index < -0.39 is 0 Å². The fourth-order valence-electron chi connectivity index (χ4n) is 7.02. The summed E-state index contributed by atoms with van der Waals surface area (Å²) in [5, 5.41) is 9.73.